The van der Waals surface area contributed by atoms with Crippen molar-refractivity contribution in [1.82, 2.24) is 20.1 Å². The number of thiazole rings is 1. The molecule has 1 saturated heterocycles. The van der Waals surface area contributed by atoms with Crippen LogP contribution in [0.25, 0.3) is 10.2 Å². The van der Waals surface area contributed by atoms with Crippen LogP contribution >= 0.6 is 11.3 Å². The molecule has 0 spiro atoms. The molecular weight excluding hydrogens is 342 g/mol. The molecular formula is C16H19N5O3S. The number of imide groups is 1. The smallest absolute Gasteiger partial charge is 0.325 e. The quantitative estimate of drug-likeness (QED) is 0.802. The van der Waals surface area contributed by atoms with Crippen molar-refractivity contribution in [2.45, 2.75) is 19.9 Å². The number of nitrogens with zero attached hydrogens (tertiary/aromatic N) is 3. The molecule has 0 bridgehead atoms. The van der Waals surface area contributed by atoms with E-state index in [4.69, 9.17) is 5.73 Å². The van der Waals surface area contributed by atoms with Crippen LogP contribution in [0, 0.1) is 0 Å². The van der Waals surface area contributed by atoms with Crippen molar-refractivity contribution in [2.24, 2.45) is 0 Å². The Bertz CT molecular complexity index is 849. The van der Waals surface area contributed by atoms with E-state index in [1.54, 1.807) is 6.92 Å². The normalized spacial score (nSPS) is 16.4. The molecule has 0 radical (unpaired) electrons. The van der Waals surface area contributed by atoms with Crippen LogP contribution < -0.4 is 11.1 Å². The van der Waals surface area contributed by atoms with Gasteiger partial charge in [-0.3, -0.25) is 14.5 Å². The minimum atomic E-state index is -0.788. The SMILES string of the molecule is CCN1CCN(C(=O)NC(C)c2ccc3nc(N)sc3c2)C(=O)C1=O. The lowest BCUT2D eigenvalue weighted by Gasteiger charge is -2.32. The fraction of sp³-hybridized carbons (Fsp3) is 0.375. The molecule has 9 heteroatoms. The van der Waals surface area contributed by atoms with Gasteiger partial charge in [0.25, 0.3) is 0 Å². The van der Waals surface area contributed by atoms with E-state index < -0.39 is 17.8 Å². The van der Waals surface area contributed by atoms with E-state index in [1.807, 2.05) is 25.1 Å². The van der Waals surface area contributed by atoms with Crippen molar-refractivity contribution >= 4 is 44.5 Å². The molecule has 1 unspecified atom stereocenters. The summed E-state index contributed by atoms with van der Waals surface area (Å²) in [7, 11) is 0. The maximum atomic E-state index is 12.4. The Balaban J connectivity index is 1.71. The third-order valence-corrected chi connectivity index (χ3v) is 5.05. The van der Waals surface area contributed by atoms with Crippen LogP contribution in [0.4, 0.5) is 9.93 Å². The fourth-order valence-corrected chi connectivity index (χ4v) is 3.53. The summed E-state index contributed by atoms with van der Waals surface area (Å²) in [4.78, 5) is 43.0. The highest BCUT2D eigenvalue weighted by Crippen LogP contribution is 2.26. The largest absolute Gasteiger partial charge is 0.375 e. The van der Waals surface area contributed by atoms with Crippen molar-refractivity contribution in [3.8, 4) is 0 Å². The molecule has 25 heavy (non-hydrogen) atoms. The Morgan fingerprint density at radius 1 is 1.36 bits per heavy atom. The minimum Gasteiger partial charge on any atom is -0.375 e. The van der Waals surface area contributed by atoms with Gasteiger partial charge in [-0.15, -0.1) is 0 Å². The third kappa shape index (κ3) is 3.27. The van der Waals surface area contributed by atoms with Gasteiger partial charge in [-0.25, -0.2) is 9.78 Å². The number of nitrogens with one attached hydrogen (secondary N) is 1. The van der Waals surface area contributed by atoms with Crippen molar-refractivity contribution in [2.75, 3.05) is 25.4 Å². The molecule has 2 heterocycles. The lowest BCUT2D eigenvalue weighted by atomic mass is 10.1. The monoisotopic (exact) mass is 361 g/mol. The maximum Gasteiger partial charge on any atom is 0.325 e. The number of likely N-dealkylation sites (N-methyl/N-ethyl adjacent to an activating group) is 1. The number of amides is 4. The van der Waals surface area contributed by atoms with E-state index in [9.17, 15) is 14.4 Å². The summed E-state index contributed by atoms with van der Waals surface area (Å²) in [6.07, 6.45) is 0. The lowest BCUT2D eigenvalue weighted by molar-refractivity contribution is -0.153. The number of urea groups is 1. The molecule has 1 aliphatic heterocycles. The first kappa shape index (κ1) is 17.2. The number of hydrogen-bond acceptors (Lipinski definition) is 6. The van der Waals surface area contributed by atoms with Crippen LogP contribution in [0.1, 0.15) is 25.5 Å². The van der Waals surface area contributed by atoms with E-state index in [0.717, 1.165) is 20.7 Å². The van der Waals surface area contributed by atoms with Gasteiger partial charge in [-0.05, 0) is 31.5 Å². The van der Waals surface area contributed by atoms with Crippen molar-refractivity contribution in [1.29, 1.82) is 0 Å². The second-order valence-corrected chi connectivity index (χ2v) is 6.85. The predicted octanol–water partition coefficient (Wildman–Crippen LogP) is 1.34. The molecule has 1 atom stereocenters. The average Bonchev–Trinajstić information content (AvgIpc) is 2.96. The summed E-state index contributed by atoms with van der Waals surface area (Å²) in [6.45, 7) is 4.62. The number of aromatic nitrogens is 1. The highest BCUT2D eigenvalue weighted by molar-refractivity contribution is 7.22. The van der Waals surface area contributed by atoms with Crippen LogP contribution in [0.3, 0.4) is 0 Å². The van der Waals surface area contributed by atoms with Crippen LogP contribution in [-0.2, 0) is 9.59 Å². The van der Waals surface area contributed by atoms with Gasteiger partial charge in [0.15, 0.2) is 5.13 Å². The lowest BCUT2D eigenvalue weighted by Crippen LogP contribution is -2.58. The van der Waals surface area contributed by atoms with E-state index in [-0.39, 0.29) is 12.6 Å². The van der Waals surface area contributed by atoms with Gasteiger partial charge in [-0.2, -0.15) is 0 Å². The highest BCUT2D eigenvalue weighted by Gasteiger charge is 2.35. The number of nitrogen functional groups attached to an aromatic ring is 1. The topological polar surface area (TPSA) is 109 Å². The van der Waals surface area contributed by atoms with Gasteiger partial charge in [0.1, 0.15) is 0 Å². The number of nitrogens with two attached hydrogens (primary N) is 1. The first-order valence-electron chi connectivity index (χ1n) is 7.98. The zero-order valence-electron chi connectivity index (χ0n) is 14.0. The number of piperazine rings is 1. The van der Waals surface area contributed by atoms with Crippen LogP contribution in [0.5, 0.6) is 0 Å². The van der Waals surface area contributed by atoms with Gasteiger partial charge in [0.2, 0.25) is 0 Å². The van der Waals surface area contributed by atoms with Crippen LogP contribution in [0.2, 0.25) is 0 Å². The molecule has 4 amide bonds. The Morgan fingerprint density at radius 2 is 2.12 bits per heavy atom. The molecule has 3 rings (SSSR count). The van der Waals surface area contributed by atoms with Crippen molar-refractivity contribution in [3.05, 3.63) is 23.8 Å². The number of carbonyl (C=O) groups excluding carboxylic acids is 3. The Morgan fingerprint density at radius 3 is 2.84 bits per heavy atom. The summed E-state index contributed by atoms with van der Waals surface area (Å²) in [6, 6.07) is 4.72. The van der Waals surface area contributed by atoms with Crippen LogP contribution in [-0.4, -0.2) is 52.3 Å². The third-order valence-electron chi connectivity index (χ3n) is 4.20. The molecule has 1 aliphatic rings. The first-order chi connectivity index (χ1) is 11.9. The summed E-state index contributed by atoms with van der Waals surface area (Å²) in [5, 5.41) is 3.26. The van der Waals surface area contributed by atoms with Gasteiger partial charge in [0.05, 0.1) is 16.3 Å². The van der Waals surface area contributed by atoms with E-state index in [2.05, 4.69) is 10.3 Å². The number of benzene rings is 1. The number of carbonyl (C=O) groups is 3. The standard InChI is InChI=1S/C16H19N5O3S/c1-3-20-6-7-21(14(23)13(20)22)16(24)18-9(2)10-4-5-11-12(8-10)25-15(17)19-11/h4-5,8-9H,3,6-7H2,1-2H3,(H2,17,19)(H,18,24). The average molecular weight is 361 g/mol. The van der Waals surface area contributed by atoms with Gasteiger partial charge in [-0.1, -0.05) is 17.4 Å². The number of anilines is 1. The molecule has 3 N–H and O–H groups in total. The van der Waals surface area contributed by atoms with Gasteiger partial charge < -0.3 is 16.0 Å². The van der Waals surface area contributed by atoms with Gasteiger partial charge in [0, 0.05) is 19.6 Å². The first-order valence-corrected chi connectivity index (χ1v) is 8.79. The van der Waals surface area contributed by atoms with Crippen molar-refractivity contribution < 1.29 is 14.4 Å². The minimum absolute atomic E-state index is 0.196. The molecule has 8 nitrogen and oxygen atoms in total. The van der Waals surface area contributed by atoms with E-state index >= 15 is 0 Å². The zero-order valence-corrected chi connectivity index (χ0v) is 14.8. The zero-order chi connectivity index (χ0) is 18.1. The van der Waals surface area contributed by atoms with Gasteiger partial charge >= 0.3 is 17.8 Å². The predicted molar refractivity (Wildman–Crippen MR) is 94.9 cm³/mol. The summed E-state index contributed by atoms with van der Waals surface area (Å²) >= 11 is 1.37. The molecule has 1 aromatic heterocycles. The summed E-state index contributed by atoms with van der Waals surface area (Å²) in [5.74, 6) is -1.43. The Labute approximate surface area is 148 Å². The molecule has 0 aliphatic carbocycles. The Hall–Kier alpha value is -2.68. The second kappa shape index (κ2) is 6.67. The fourth-order valence-electron chi connectivity index (χ4n) is 2.74. The highest BCUT2D eigenvalue weighted by atomic mass is 32.1. The number of hydrogen-bond donors (Lipinski definition) is 2. The summed E-state index contributed by atoms with van der Waals surface area (Å²) in [5.41, 5.74) is 7.38. The maximum absolute atomic E-state index is 12.4. The summed E-state index contributed by atoms with van der Waals surface area (Å²) < 4.78 is 0.930. The number of rotatable bonds is 3. The molecule has 1 aromatic carbocycles. The van der Waals surface area contributed by atoms with Crippen molar-refractivity contribution in [3.63, 3.8) is 0 Å². The van der Waals surface area contributed by atoms with E-state index in [1.165, 1.54) is 16.2 Å². The molecule has 132 valence electrons. The molecule has 2 aromatic rings. The molecule has 0 saturated carbocycles. The van der Waals surface area contributed by atoms with E-state index in [0.29, 0.717) is 18.2 Å². The van der Waals surface area contributed by atoms with Crippen LogP contribution in [0.15, 0.2) is 18.2 Å². The number of fused-ring (bicyclic) bond motifs is 1. The second-order valence-electron chi connectivity index (χ2n) is 5.79. The Kier molecular flexibility index (Phi) is 4.58. The molecule has 1 fully saturated rings.